The van der Waals surface area contributed by atoms with Gasteiger partial charge in [0.15, 0.2) is 0 Å². The lowest BCUT2D eigenvalue weighted by atomic mass is 10.1. The van der Waals surface area contributed by atoms with E-state index in [-0.39, 0.29) is 16.1 Å². The van der Waals surface area contributed by atoms with Crippen LogP contribution in [0.1, 0.15) is 31.2 Å². The predicted octanol–water partition coefficient (Wildman–Crippen LogP) is 2.53. The van der Waals surface area contributed by atoms with Crippen LogP contribution in [0.3, 0.4) is 0 Å². The fourth-order valence-corrected chi connectivity index (χ4v) is 4.19. The second-order valence-corrected chi connectivity index (χ2v) is 7.60. The van der Waals surface area contributed by atoms with Gasteiger partial charge in [0.25, 0.3) is 0 Å². The molecule has 4 nitrogen and oxygen atoms in total. The zero-order chi connectivity index (χ0) is 14.9. The van der Waals surface area contributed by atoms with E-state index in [1.165, 1.54) is 30.4 Å². The summed E-state index contributed by atoms with van der Waals surface area (Å²) < 4.78 is 40.3. The van der Waals surface area contributed by atoms with Gasteiger partial charge in [0.2, 0.25) is 10.0 Å². The van der Waals surface area contributed by atoms with Crippen molar-refractivity contribution in [1.82, 2.24) is 4.31 Å². The first kappa shape index (κ1) is 15.3. The highest BCUT2D eigenvalue weighted by atomic mass is 32.2. The SMILES string of the molecule is Cc1cc(N)cc(S(=O)(=O)N(C)CC2CCCC2)c1F. The van der Waals surface area contributed by atoms with Crippen LogP contribution < -0.4 is 5.73 Å². The van der Waals surface area contributed by atoms with Gasteiger partial charge in [-0.2, -0.15) is 0 Å². The Bertz CT molecular complexity index is 595. The van der Waals surface area contributed by atoms with Crippen molar-refractivity contribution in [2.24, 2.45) is 5.92 Å². The number of benzene rings is 1. The standard InChI is InChI=1S/C14H21FN2O2S/c1-10-7-12(16)8-13(14(10)15)20(18,19)17(2)9-11-5-3-4-6-11/h7-8,11H,3-6,9,16H2,1-2H3. The van der Waals surface area contributed by atoms with Crippen molar-refractivity contribution in [2.75, 3.05) is 19.3 Å². The summed E-state index contributed by atoms with van der Waals surface area (Å²) in [5.41, 5.74) is 6.15. The van der Waals surface area contributed by atoms with Crippen LogP contribution >= 0.6 is 0 Å². The van der Waals surface area contributed by atoms with Crippen molar-refractivity contribution in [3.63, 3.8) is 0 Å². The Balaban J connectivity index is 2.29. The van der Waals surface area contributed by atoms with Gasteiger partial charge in [-0.05, 0) is 43.4 Å². The van der Waals surface area contributed by atoms with Crippen molar-refractivity contribution in [2.45, 2.75) is 37.5 Å². The van der Waals surface area contributed by atoms with E-state index < -0.39 is 15.8 Å². The Morgan fingerprint density at radius 2 is 1.95 bits per heavy atom. The topological polar surface area (TPSA) is 63.4 Å². The van der Waals surface area contributed by atoms with Crippen LogP contribution in [0, 0.1) is 18.7 Å². The highest BCUT2D eigenvalue weighted by Gasteiger charge is 2.28. The van der Waals surface area contributed by atoms with Crippen LogP contribution in [0.25, 0.3) is 0 Å². The predicted molar refractivity (Wildman–Crippen MR) is 77.3 cm³/mol. The lowest BCUT2D eigenvalue weighted by molar-refractivity contribution is 0.385. The Kier molecular flexibility index (Phi) is 4.34. The van der Waals surface area contributed by atoms with Gasteiger partial charge in [-0.15, -0.1) is 0 Å². The van der Waals surface area contributed by atoms with Crippen LogP contribution in [-0.4, -0.2) is 26.3 Å². The normalized spacial score (nSPS) is 17.0. The quantitative estimate of drug-likeness (QED) is 0.869. The maximum Gasteiger partial charge on any atom is 0.245 e. The van der Waals surface area contributed by atoms with Gasteiger partial charge in [-0.3, -0.25) is 0 Å². The first-order valence-electron chi connectivity index (χ1n) is 6.84. The van der Waals surface area contributed by atoms with Crippen LogP contribution in [0.5, 0.6) is 0 Å². The average molecular weight is 300 g/mol. The minimum Gasteiger partial charge on any atom is -0.399 e. The molecule has 1 saturated carbocycles. The van der Waals surface area contributed by atoms with E-state index in [0.29, 0.717) is 12.5 Å². The molecule has 1 aliphatic rings. The fourth-order valence-electron chi connectivity index (χ4n) is 2.77. The third kappa shape index (κ3) is 2.96. The van der Waals surface area contributed by atoms with E-state index in [1.54, 1.807) is 0 Å². The van der Waals surface area contributed by atoms with Gasteiger partial charge in [0.05, 0.1) is 0 Å². The molecule has 1 aromatic carbocycles. The van der Waals surface area contributed by atoms with E-state index >= 15 is 0 Å². The zero-order valence-electron chi connectivity index (χ0n) is 11.9. The van der Waals surface area contributed by atoms with Gasteiger partial charge in [0, 0.05) is 19.3 Å². The molecule has 1 fully saturated rings. The van der Waals surface area contributed by atoms with Crippen molar-refractivity contribution in [1.29, 1.82) is 0 Å². The molecular formula is C14H21FN2O2S. The number of hydrogen-bond acceptors (Lipinski definition) is 3. The molecule has 0 aromatic heterocycles. The molecule has 0 amide bonds. The van der Waals surface area contributed by atoms with Crippen LogP contribution in [0.2, 0.25) is 0 Å². The number of hydrogen-bond donors (Lipinski definition) is 1. The van der Waals surface area contributed by atoms with Crippen molar-refractivity contribution in [3.05, 3.63) is 23.5 Å². The maximum atomic E-state index is 14.1. The molecule has 20 heavy (non-hydrogen) atoms. The minimum absolute atomic E-state index is 0.248. The number of nitrogens with two attached hydrogens (primary N) is 1. The lowest BCUT2D eigenvalue weighted by Crippen LogP contribution is -2.32. The summed E-state index contributed by atoms with van der Waals surface area (Å²) in [7, 11) is -2.32. The molecule has 0 aliphatic heterocycles. The molecule has 112 valence electrons. The Hall–Kier alpha value is -1.14. The summed E-state index contributed by atoms with van der Waals surface area (Å²) in [6.07, 6.45) is 4.37. The van der Waals surface area contributed by atoms with Crippen molar-refractivity contribution in [3.8, 4) is 0 Å². The summed E-state index contributed by atoms with van der Waals surface area (Å²) in [6.45, 7) is 1.96. The largest absolute Gasteiger partial charge is 0.399 e. The molecule has 1 aromatic rings. The fraction of sp³-hybridized carbons (Fsp3) is 0.571. The number of sulfonamides is 1. The molecule has 2 rings (SSSR count). The lowest BCUT2D eigenvalue weighted by Gasteiger charge is -2.21. The molecule has 2 N–H and O–H groups in total. The summed E-state index contributed by atoms with van der Waals surface area (Å²) in [6, 6.07) is 2.63. The van der Waals surface area contributed by atoms with Gasteiger partial charge >= 0.3 is 0 Å². The number of nitrogen functional groups attached to an aromatic ring is 1. The zero-order valence-corrected chi connectivity index (χ0v) is 12.7. The average Bonchev–Trinajstić information content (AvgIpc) is 2.86. The second kappa shape index (κ2) is 5.69. The Labute approximate surface area is 119 Å². The molecule has 0 atom stereocenters. The number of anilines is 1. The molecule has 1 aliphatic carbocycles. The van der Waals surface area contributed by atoms with E-state index in [9.17, 15) is 12.8 Å². The number of nitrogens with zero attached hydrogens (tertiary/aromatic N) is 1. The number of halogens is 1. The van der Waals surface area contributed by atoms with E-state index in [1.807, 2.05) is 0 Å². The number of aryl methyl sites for hydroxylation is 1. The van der Waals surface area contributed by atoms with Crippen LogP contribution in [-0.2, 0) is 10.0 Å². The maximum absolute atomic E-state index is 14.1. The van der Waals surface area contributed by atoms with Crippen LogP contribution in [0.15, 0.2) is 17.0 Å². The summed E-state index contributed by atoms with van der Waals surface area (Å²) in [4.78, 5) is -0.324. The molecule has 6 heteroatoms. The minimum atomic E-state index is -3.82. The highest BCUT2D eigenvalue weighted by molar-refractivity contribution is 7.89. The van der Waals surface area contributed by atoms with Gasteiger partial charge in [0.1, 0.15) is 10.7 Å². The van der Waals surface area contributed by atoms with Crippen molar-refractivity contribution < 1.29 is 12.8 Å². The Morgan fingerprint density at radius 3 is 2.55 bits per heavy atom. The van der Waals surface area contributed by atoms with Gasteiger partial charge in [-0.1, -0.05) is 12.8 Å². The van der Waals surface area contributed by atoms with Crippen molar-refractivity contribution >= 4 is 15.7 Å². The molecule has 0 bridgehead atoms. The summed E-state index contributed by atoms with van der Waals surface area (Å²) >= 11 is 0. The van der Waals surface area contributed by atoms with Crippen LogP contribution in [0.4, 0.5) is 10.1 Å². The summed E-state index contributed by atoms with van der Waals surface area (Å²) in [5, 5.41) is 0. The molecular weight excluding hydrogens is 279 g/mol. The van der Waals surface area contributed by atoms with E-state index in [2.05, 4.69) is 0 Å². The summed E-state index contributed by atoms with van der Waals surface area (Å²) in [5.74, 6) is -0.336. The monoisotopic (exact) mass is 300 g/mol. The first-order valence-corrected chi connectivity index (χ1v) is 8.28. The number of rotatable bonds is 4. The highest BCUT2D eigenvalue weighted by Crippen LogP contribution is 2.29. The second-order valence-electron chi connectivity index (χ2n) is 5.59. The molecule has 0 saturated heterocycles. The first-order chi connectivity index (χ1) is 9.32. The molecule has 0 spiro atoms. The van der Waals surface area contributed by atoms with Gasteiger partial charge < -0.3 is 5.73 Å². The molecule has 0 unspecified atom stereocenters. The van der Waals surface area contributed by atoms with Gasteiger partial charge in [-0.25, -0.2) is 17.1 Å². The third-order valence-corrected chi connectivity index (χ3v) is 5.74. The smallest absolute Gasteiger partial charge is 0.245 e. The van der Waals surface area contributed by atoms with E-state index in [0.717, 1.165) is 25.7 Å². The molecule has 0 radical (unpaired) electrons. The third-order valence-electron chi connectivity index (χ3n) is 3.92. The Morgan fingerprint density at radius 1 is 1.35 bits per heavy atom. The molecule has 0 heterocycles. The van der Waals surface area contributed by atoms with E-state index in [4.69, 9.17) is 5.73 Å².